The zero-order chi connectivity index (χ0) is 37.6. The van der Waals surface area contributed by atoms with E-state index in [1.54, 1.807) is 0 Å². The molecule has 5 amide bonds. The Hall–Kier alpha value is -2.68. The molecule has 17 nitrogen and oxygen atoms in total. The highest BCUT2D eigenvalue weighted by Gasteiger charge is 2.35. The lowest BCUT2D eigenvalue weighted by Crippen LogP contribution is -2.62. The molecule has 0 aliphatic carbocycles. The van der Waals surface area contributed by atoms with E-state index in [1.807, 2.05) is 21.6 Å². The average Bonchev–Trinajstić information content (AvgIpc) is 3.59. The molecular formula is C31H57N7O10S2. The molecule has 1 heterocycles. The number of rotatable bonds is 26. The quantitative estimate of drug-likeness (QED) is 0.0344. The minimum absolute atomic E-state index is 0.0232. The van der Waals surface area contributed by atoms with E-state index in [-0.39, 0.29) is 31.7 Å². The van der Waals surface area contributed by atoms with Crippen molar-refractivity contribution >= 4 is 57.1 Å². The highest BCUT2D eigenvalue weighted by atomic mass is 33.1. The molecule has 288 valence electrons. The lowest BCUT2D eigenvalue weighted by molar-refractivity contribution is -0.143. The van der Waals surface area contributed by atoms with Crippen LogP contribution in [-0.2, 0) is 28.8 Å². The number of amides is 5. The number of carbonyl (C=O) groups is 6. The SMILES string of the molecule is C[C@@H](O)[C@H](NC(=O)[C@H](CCCCN)NC(=O)CCCCC1CCSS1)C(=O)N[C@H](C(=O)N[C@@H](CCCCN)C(=O)N[C@@H](CO)C(=O)O)[C@@H](C)O. The number of hydrogen-bond acceptors (Lipinski definition) is 13. The number of nitrogens with two attached hydrogens (primary N) is 2. The van der Waals surface area contributed by atoms with Crippen LogP contribution < -0.4 is 38.1 Å². The summed E-state index contributed by atoms with van der Waals surface area (Å²) in [6.45, 7) is 2.19. The molecule has 19 heteroatoms. The van der Waals surface area contributed by atoms with Crippen LogP contribution in [0, 0.1) is 0 Å². The second kappa shape index (κ2) is 25.3. The Balaban J connectivity index is 2.98. The van der Waals surface area contributed by atoms with Crippen LogP contribution in [-0.4, -0.2) is 129 Å². The van der Waals surface area contributed by atoms with Crippen molar-refractivity contribution in [2.75, 3.05) is 25.4 Å². The van der Waals surface area contributed by atoms with Gasteiger partial charge < -0.3 is 58.5 Å². The van der Waals surface area contributed by atoms with Gasteiger partial charge in [0.2, 0.25) is 29.5 Å². The monoisotopic (exact) mass is 751 g/mol. The molecule has 1 unspecified atom stereocenters. The van der Waals surface area contributed by atoms with Crippen LogP contribution in [0.4, 0.5) is 0 Å². The highest BCUT2D eigenvalue weighted by molar-refractivity contribution is 8.77. The Labute approximate surface area is 301 Å². The van der Waals surface area contributed by atoms with Gasteiger partial charge in [-0.15, -0.1) is 0 Å². The zero-order valence-corrected chi connectivity index (χ0v) is 30.6. The van der Waals surface area contributed by atoms with E-state index >= 15 is 0 Å². The topological polar surface area (TPSA) is 296 Å². The van der Waals surface area contributed by atoms with Crippen molar-refractivity contribution in [2.45, 2.75) is 132 Å². The van der Waals surface area contributed by atoms with Crippen LogP contribution in [0.2, 0.25) is 0 Å². The van der Waals surface area contributed by atoms with Gasteiger partial charge in [-0.1, -0.05) is 28.0 Å². The number of hydrogen-bond donors (Lipinski definition) is 11. The number of unbranched alkanes of at least 4 members (excludes halogenated alkanes) is 3. The third kappa shape index (κ3) is 17.5. The first-order valence-corrected chi connectivity index (χ1v) is 19.5. The smallest absolute Gasteiger partial charge is 0.328 e. The van der Waals surface area contributed by atoms with Crippen molar-refractivity contribution in [1.29, 1.82) is 0 Å². The summed E-state index contributed by atoms with van der Waals surface area (Å²) in [7, 11) is 3.73. The van der Waals surface area contributed by atoms with E-state index in [2.05, 4.69) is 26.6 Å². The van der Waals surface area contributed by atoms with Gasteiger partial charge in [0.05, 0.1) is 18.8 Å². The lowest BCUT2D eigenvalue weighted by Gasteiger charge is -2.29. The van der Waals surface area contributed by atoms with Crippen LogP contribution in [0.5, 0.6) is 0 Å². The fraction of sp³-hybridized carbons (Fsp3) is 0.806. The van der Waals surface area contributed by atoms with Crippen molar-refractivity contribution in [1.82, 2.24) is 26.6 Å². The first-order valence-electron chi connectivity index (χ1n) is 17.1. The van der Waals surface area contributed by atoms with E-state index < -0.39 is 78.6 Å². The Morgan fingerprint density at radius 1 is 0.700 bits per heavy atom. The van der Waals surface area contributed by atoms with Gasteiger partial charge in [0.25, 0.3) is 0 Å². The van der Waals surface area contributed by atoms with E-state index in [9.17, 15) is 49.2 Å². The van der Waals surface area contributed by atoms with Gasteiger partial charge in [-0.3, -0.25) is 24.0 Å². The number of aliphatic hydroxyl groups is 3. The number of carboxylic acids is 1. The molecule has 0 spiro atoms. The summed E-state index contributed by atoms with van der Waals surface area (Å²) >= 11 is 0. The van der Waals surface area contributed by atoms with Gasteiger partial charge in [-0.2, -0.15) is 0 Å². The second-order valence-corrected chi connectivity index (χ2v) is 15.1. The summed E-state index contributed by atoms with van der Waals surface area (Å²) in [4.78, 5) is 76.9. The van der Waals surface area contributed by atoms with Gasteiger partial charge in [-0.05, 0) is 84.7 Å². The Morgan fingerprint density at radius 2 is 1.20 bits per heavy atom. The highest BCUT2D eigenvalue weighted by Crippen LogP contribution is 2.39. The molecule has 1 fully saturated rings. The van der Waals surface area contributed by atoms with Gasteiger partial charge >= 0.3 is 5.97 Å². The van der Waals surface area contributed by atoms with Crippen LogP contribution >= 0.6 is 21.6 Å². The second-order valence-electron chi connectivity index (χ2n) is 12.4. The standard InChI is InChI=1S/C31H57N7O10S2/c1-18(40)25(29(45)35-22(11-6-8-15-33)27(43)36-23(17-39)31(47)48)38-30(46)26(19(2)41)37-28(44)21(10-5-7-14-32)34-24(42)12-4-3-9-20-13-16-49-50-20/h18-23,25-26,39-41H,3-17,32-33H2,1-2H3,(H,34,42)(H,35,45)(H,36,43)(H,37,44)(H,38,46)(H,47,48)/t18-,19-,20?,21+,22+,23+,25+,26+/m1/s1. The Morgan fingerprint density at radius 3 is 1.68 bits per heavy atom. The molecule has 0 radical (unpaired) electrons. The molecule has 1 saturated heterocycles. The Bertz CT molecular complexity index is 1080. The molecule has 8 atom stereocenters. The minimum Gasteiger partial charge on any atom is -0.480 e. The van der Waals surface area contributed by atoms with E-state index in [0.717, 1.165) is 25.0 Å². The number of aliphatic hydroxyl groups excluding tert-OH is 3. The third-order valence-electron chi connectivity index (χ3n) is 8.01. The normalized spacial score (nSPS) is 18.4. The summed E-state index contributed by atoms with van der Waals surface area (Å²) in [5, 5.41) is 51.9. The van der Waals surface area contributed by atoms with Crippen molar-refractivity contribution < 1.29 is 49.2 Å². The first-order chi connectivity index (χ1) is 23.7. The summed E-state index contributed by atoms with van der Waals surface area (Å²) in [5.74, 6) is -4.38. The molecule has 0 aromatic rings. The summed E-state index contributed by atoms with van der Waals surface area (Å²) < 4.78 is 0. The van der Waals surface area contributed by atoms with Crippen LogP contribution in [0.15, 0.2) is 0 Å². The van der Waals surface area contributed by atoms with E-state index in [1.165, 1.54) is 13.8 Å². The zero-order valence-electron chi connectivity index (χ0n) is 28.9. The minimum atomic E-state index is -1.67. The summed E-state index contributed by atoms with van der Waals surface area (Å²) in [6, 6.07) is -7.24. The number of nitrogens with one attached hydrogen (secondary N) is 5. The van der Waals surface area contributed by atoms with Gasteiger partial charge in [-0.25, -0.2) is 4.79 Å². The molecule has 0 bridgehead atoms. The first kappa shape index (κ1) is 45.3. The van der Waals surface area contributed by atoms with E-state index in [0.29, 0.717) is 43.9 Å². The molecule has 50 heavy (non-hydrogen) atoms. The molecule has 13 N–H and O–H groups in total. The predicted octanol–water partition coefficient (Wildman–Crippen LogP) is -1.78. The molecule has 1 aliphatic heterocycles. The summed E-state index contributed by atoms with van der Waals surface area (Å²) in [6.07, 6.45) is 3.11. The fourth-order valence-electron chi connectivity index (χ4n) is 5.04. The summed E-state index contributed by atoms with van der Waals surface area (Å²) in [5.41, 5.74) is 11.1. The maximum absolute atomic E-state index is 13.4. The van der Waals surface area contributed by atoms with E-state index in [4.69, 9.17) is 11.5 Å². The number of aliphatic carboxylic acids is 1. The van der Waals surface area contributed by atoms with Crippen molar-refractivity contribution in [3.8, 4) is 0 Å². The molecule has 0 aromatic heterocycles. The molecule has 1 rings (SSSR count). The van der Waals surface area contributed by atoms with Crippen molar-refractivity contribution in [2.24, 2.45) is 11.5 Å². The largest absolute Gasteiger partial charge is 0.480 e. The number of carbonyl (C=O) groups excluding carboxylic acids is 5. The van der Waals surface area contributed by atoms with Crippen molar-refractivity contribution in [3.63, 3.8) is 0 Å². The lowest BCUT2D eigenvalue weighted by atomic mass is 10.0. The molecule has 1 aliphatic rings. The fourth-order valence-corrected chi connectivity index (χ4v) is 8.07. The maximum atomic E-state index is 13.4. The molecule has 0 saturated carbocycles. The van der Waals surface area contributed by atoms with Crippen molar-refractivity contribution in [3.05, 3.63) is 0 Å². The van der Waals surface area contributed by atoms with Gasteiger partial charge in [0.1, 0.15) is 30.2 Å². The number of carboxylic acid groups (broad SMARTS) is 1. The Kier molecular flexibility index (Phi) is 22.9. The van der Waals surface area contributed by atoms with Crippen LogP contribution in [0.25, 0.3) is 0 Å². The maximum Gasteiger partial charge on any atom is 0.328 e. The van der Waals surface area contributed by atoms with Crippen LogP contribution in [0.3, 0.4) is 0 Å². The third-order valence-corrected chi connectivity index (χ3v) is 11.0. The predicted molar refractivity (Wildman–Crippen MR) is 190 cm³/mol. The van der Waals surface area contributed by atoms with Gasteiger partial charge in [0.15, 0.2) is 0 Å². The van der Waals surface area contributed by atoms with Crippen LogP contribution in [0.1, 0.15) is 84.5 Å². The van der Waals surface area contributed by atoms with Gasteiger partial charge in [0, 0.05) is 17.4 Å². The average molecular weight is 752 g/mol. The molecule has 0 aromatic carbocycles. The molecular weight excluding hydrogens is 695 g/mol.